The largest absolute Gasteiger partial charge is 0.346 e. The van der Waals surface area contributed by atoms with Crippen molar-refractivity contribution in [3.05, 3.63) is 47.0 Å². The van der Waals surface area contributed by atoms with E-state index in [0.717, 1.165) is 50.7 Å². The summed E-state index contributed by atoms with van der Waals surface area (Å²) in [6, 6.07) is 8.76. The zero-order valence-electron chi connectivity index (χ0n) is 15.1. The number of nitrogens with one attached hydrogen (secondary N) is 1. The lowest BCUT2D eigenvalue weighted by molar-refractivity contribution is 0.200. The number of thiazole rings is 1. The molecule has 2 aromatic rings. The second-order valence-electron chi connectivity index (χ2n) is 7.12. The van der Waals surface area contributed by atoms with E-state index in [1.165, 1.54) is 24.0 Å². The number of urea groups is 1. The molecule has 4 rings (SSSR count). The maximum atomic E-state index is 12.7. The zero-order valence-corrected chi connectivity index (χ0v) is 15.9. The van der Waals surface area contributed by atoms with E-state index in [4.69, 9.17) is 0 Å². The average Bonchev–Trinajstić information content (AvgIpc) is 3.10. The molecule has 0 spiro atoms. The van der Waals surface area contributed by atoms with E-state index in [2.05, 4.69) is 39.5 Å². The molecule has 1 atom stereocenters. The first-order chi connectivity index (χ1) is 12.8. The first kappa shape index (κ1) is 17.3. The Morgan fingerprint density at radius 3 is 3.00 bits per heavy atom. The van der Waals surface area contributed by atoms with Crippen LogP contribution in [-0.2, 0) is 6.42 Å². The van der Waals surface area contributed by atoms with E-state index in [0.29, 0.717) is 5.92 Å². The van der Waals surface area contributed by atoms with Gasteiger partial charge in [0.2, 0.25) is 0 Å². The summed E-state index contributed by atoms with van der Waals surface area (Å²) in [5.41, 5.74) is 2.87. The normalized spacial score (nSPS) is 20.4. The number of fused-ring (bicyclic) bond motifs is 1. The first-order valence-electron chi connectivity index (χ1n) is 9.56. The minimum atomic E-state index is 0.0778. The topological polar surface area (TPSA) is 48.5 Å². The Morgan fingerprint density at radius 2 is 2.12 bits per heavy atom. The lowest BCUT2D eigenvalue weighted by atomic mass is 9.83. The summed E-state index contributed by atoms with van der Waals surface area (Å²) in [4.78, 5) is 21.3. The number of nitrogens with zero attached hydrogens (tertiary/aromatic N) is 3. The van der Waals surface area contributed by atoms with Crippen molar-refractivity contribution in [3.63, 3.8) is 0 Å². The summed E-state index contributed by atoms with van der Waals surface area (Å²) in [6.45, 7) is 4.13. The Morgan fingerprint density at radius 1 is 1.19 bits per heavy atom. The van der Waals surface area contributed by atoms with Gasteiger partial charge in [-0.15, -0.1) is 11.3 Å². The van der Waals surface area contributed by atoms with Gasteiger partial charge in [-0.25, -0.2) is 9.78 Å². The highest BCUT2D eigenvalue weighted by molar-refractivity contribution is 7.13. The Hall–Kier alpha value is -2.08. The summed E-state index contributed by atoms with van der Waals surface area (Å²) in [5, 5.41) is 6.26. The summed E-state index contributed by atoms with van der Waals surface area (Å²) in [6.07, 6.45) is 6.37. The quantitative estimate of drug-likeness (QED) is 0.900. The Bertz CT molecular complexity index is 733. The molecule has 1 aromatic heterocycles. The van der Waals surface area contributed by atoms with Crippen LogP contribution in [0.5, 0.6) is 0 Å². The van der Waals surface area contributed by atoms with E-state index < -0.39 is 0 Å². The van der Waals surface area contributed by atoms with Crippen molar-refractivity contribution in [2.75, 3.05) is 37.6 Å². The van der Waals surface area contributed by atoms with Crippen LogP contribution in [0.2, 0.25) is 0 Å². The van der Waals surface area contributed by atoms with Gasteiger partial charge in [-0.3, -0.25) is 0 Å². The van der Waals surface area contributed by atoms with Crippen LogP contribution in [0.3, 0.4) is 0 Å². The molecule has 1 aromatic carbocycles. The van der Waals surface area contributed by atoms with Crippen molar-refractivity contribution >= 4 is 22.5 Å². The average molecular weight is 371 g/mol. The number of carbonyl (C=O) groups is 1. The molecule has 138 valence electrons. The Balaban J connectivity index is 1.31. The molecule has 1 aliphatic heterocycles. The fourth-order valence-corrected chi connectivity index (χ4v) is 4.77. The highest BCUT2D eigenvalue weighted by Gasteiger charge is 2.23. The van der Waals surface area contributed by atoms with E-state index >= 15 is 0 Å². The number of hydrogen-bond donors (Lipinski definition) is 1. The first-order valence-corrected chi connectivity index (χ1v) is 10.4. The number of benzene rings is 1. The summed E-state index contributed by atoms with van der Waals surface area (Å²) >= 11 is 1.67. The van der Waals surface area contributed by atoms with Crippen LogP contribution in [0.15, 0.2) is 35.8 Å². The van der Waals surface area contributed by atoms with Crippen molar-refractivity contribution in [2.24, 2.45) is 0 Å². The van der Waals surface area contributed by atoms with Gasteiger partial charge in [-0.1, -0.05) is 24.3 Å². The predicted octanol–water partition coefficient (Wildman–Crippen LogP) is 3.48. The molecule has 0 radical (unpaired) electrons. The van der Waals surface area contributed by atoms with E-state index in [1.807, 2.05) is 16.5 Å². The molecule has 6 heteroatoms. The SMILES string of the molecule is O=C(NC[C@@H]1CCCc2ccccc21)N1CCCN(c2nccs2)CC1. The lowest BCUT2D eigenvalue weighted by Crippen LogP contribution is -2.43. The highest BCUT2D eigenvalue weighted by Crippen LogP contribution is 2.30. The van der Waals surface area contributed by atoms with Gasteiger partial charge in [0.25, 0.3) is 0 Å². The fraction of sp³-hybridized carbons (Fsp3) is 0.500. The second kappa shape index (κ2) is 8.08. The molecule has 5 nitrogen and oxygen atoms in total. The smallest absolute Gasteiger partial charge is 0.317 e. The van der Waals surface area contributed by atoms with Gasteiger partial charge in [-0.05, 0) is 36.8 Å². The number of aryl methyl sites for hydroxylation is 1. The fourth-order valence-electron chi connectivity index (χ4n) is 4.07. The third-order valence-electron chi connectivity index (χ3n) is 5.47. The highest BCUT2D eigenvalue weighted by atomic mass is 32.1. The maximum Gasteiger partial charge on any atom is 0.317 e. The zero-order chi connectivity index (χ0) is 17.8. The van der Waals surface area contributed by atoms with Gasteiger partial charge in [0.15, 0.2) is 5.13 Å². The standard InChI is InChI=1S/C20H26N4OS/c25-19(22-15-17-7-3-6-16-5-1-2-8-18(16)17)23-10-4-11-24(13-12-23)20-21-9-14-26-20/h1-2,5,8-9,14,17H,3-4,6-7,10-13,15H2,(H,22,25)/t17-/m0/s1. The summed E-state index contributed by atoms with van der Waals surface area (Å²) < 4.78 is 0. The molecular formula is C20H26N4OS. The summed E-state index contributed by atoms with van der Waals surface area (Å²) in [5.74, 6) is 0.447. The van der Waals surface area contributed by atoms with Gasteiger partial charge in [0, 0.05) is 50.2 Å². The monoisotopic (exact) mass is 370 g/mol. The van der Waals surface area contributed by atoms with Crippen LogP contribution in [0.1, 0.15) is 36.3 Å². The van der Waals surface area contributed by atoms with Crippen LogP contribution >= 0.6 is 11.3 Å². The third-order valence-corrected chi connectivity index (χ3v) is 6.30. The van der Waals surface area contributed by atoms with Crippen molar-refractivity contribution in [1.82, 2.24) is 15.2 Å². The molecule has 0 bridgehead atoms. The van der Waals surface area contributed by atoms with E-state index in [9.17, 15) is 4.79 Å². The summed E-state index contributed by atoms with van der Waals surface area (Å²) in [7, 11) is 0. The molecule has 1 N–H and O–H groups in total. The van der Waals surface area contributed by atoms with Crippen molar-refractivity contribution in [2.45, 2.75) is 31.6 Å². The number of rotatable bonds is 3. The number of aromatic nitrogens is 1. The van der Waals surface area contributed by atoms with Gasteiger partial charge >= 0.3 is 6.03 Å². The minimum Gasteiger partial charge on any atom is -0.346 e. The van der Waals surface area contributed by atoms with Crippen LogP contribution in [0.4, 0.5) is 9.93 Å². The van der Waals surface area contributed by atoms with Crippen LogP contribution < -0.4 is 10.2 Å². The third kappa shape index (κ3) is 3.85. The molecule has 0 unspecified atom stereocenters. The molecule has 1 aliphatic carbocycles. The van der Waals surface area contributed by atoms with Crippen LogP contribution in [0, 0.1) is 0 Å². The van der Waals surface area contributed by atoms with Gasteiger partial charge < -0.3 is 15.1 Å². The van der Waals surface area contributed by atoms with Crippen molar-refractivity contribution < 1.29 is 4.79 Å². The predicted molar refractivity (Wildman–Crippen MR) is 106 cm³/mol. The number of hydrogen-bond acceptors (Lipinski definition) is 4. The second-order valence-corrected chi connectivity index (χ2v) is 7.99. The lowest BCUT2D eigenvalue weighted by Gasteiger charge is -2.27. The van der Waals surface area contributed by atoms with E-state index in [-0.39, 0.29) is 6.03 Å². The number of anilines is 1. The maximum absolute atomic E-state index is 12.7. The molecule has 0 saturated carbocycles. The minimum absolute atomic E-state index is 0.0778. The molecule has 2 aliphatic rings. The van der Waals surface area contributed by atoms with Crippen LogP contribution in [-0.4, -0.2) is 48.6 Å². The van der Waals surface area contributed by atoms with Gasteiger partial charge in [0.1, 0.15) is 0 Å². The van der Waals surface area contributed by atoms with Crippen molar-refractivity contribution in [3.8, 4) is 0 Å². The van der Waals surface area contributed by atoms with Gasteiger partial charge in [-0.2, -0.15) is 0 Å². The Kier molecular flexibility index (Phi) is 5.39. The van der Waals surface area contributed by atoms with E-state index in [1.54, 1.807) is 11.3 Å². The molecule has 26 heavy (non-hydrogen) atoms. The molecular weight excluding hydrogens is 344 g/mol. The molecule has 1 saturated heterocycles. The molecule has 2 amide bonds. The Labute approximate surface area is 159 Å². The number of amides is 2. The van der Waals surface area contributed by atoms with Crippen LogP contribution in [0.25, 0.3) is 0 Å². The number of carbonyl (C=O) groups excluding carboxylic acids is 1. The van der Waals surface area contributed by atoms with Gasteiger partial charge in [0.05, 0.1) is 0 Å². The van der Waals surface area contributed by atoms with Crippen molar-refractivity contribution in [1.29, 1.82) is 0 Å². The molecule has 1 fully saturated rings. The molecule has 2 heterocycles.